The largest absolute Gasteiger partial charge is 0.315 e. The first-order valence-electron chi connectivity index (χ1n) is 5.44. The number of anilines is 1. The van der Waals surface area contributed by atoms with Gasteiger partial charge in [-0.2, -0.15) is 5.26 Å². The number of amides is 1. The van der Waals surface area contributed by atoms with Gasteiger partial charge in [0.05, 0.1) is 12.1 Å². The number of rotatable bonds is 1. The number of benzene rings is 1. The first-order chi connectivity index (χ1) is 8.69. The van der Waals surface area contributed by atoms with E-state index in [0.717, 1.165) is 22.5 Å². The highest BCUT2D eigenvalue weighted by molar-refractivity contribution is 7.10. The van der Waals surface area contributed by atoms with Crippen LogP contribution in [0.3, 0.4) is 0 Å². The van der Waals surface area contributed by atoms with Crippen molar-refractivity contribution in [2.75, 3.05) is 11.9 Å². The van der Waals surface area contributed by atoms with Gasteiger partial charge in [0.25, 0.3) is 0 Å². The molecule has 0 bridgehead atoms. The van der Waals surface area contributed by atoms with Gasteiger partial charge in [-0.05, 0) is 17.7 Å². The fraction of sp³-hybridized carbons (Fsp3) is 0.154. The SMILES string of the molecule is CN1C(=O)Cc2cc(-c3csc(C#N)n3)ccc21. The quantitative estimate of drug-likeness (QED) is 0.785. The van der Waals surface area contributed by atoms with E-state index in [1.54, 1.807) is 11.9 Å². The molecule has 0 saturated heterocycles. The van der Waals surface area contributed by atoms with E-state index in [0.29, 0.717) is 11.4 Å². The molecule has 88 valence electrons. The predicted molar refractivity (Wildman–Crippen MR) is 69.4 cm³/mol. The first kappa shape index (κ1) is 10.9. The molecule has 4 nitrogen and oxygen atoms in total. The second kappa shape index (κ2) is 3.93. The molecule has 1 aromatic heterocycles. The van der Waals surface area contributed by atoms with Crippen molar-refractivity contribution in [1.29, 1.82) is 5.26 Å². The summed E-state index contributed by atoms with van der Waals surface area (Å²) in [6.45, 7) is 0. The molecule has 1 amide bonds. The number of hydrogen-bond acceptors (Lipinski definition) is 4. The fourth-order valence-electron chi connectivity index (χ4n) is 2.09. The Labute approximate surface area is 108 Å². The zero-order valence-corrected chi connectivity index (χ0v) is 10.5. The van der Waals surface area contributed by atoms with Crippen LogP contribution in [0.4, 0.5) is 5.69 Å². The zero-order chi connectivity index (χ0) is 12.7. The van der Waals surface area contributed by atoms with Crippen LogP contribution in [0.2, 0.25) is 0 Å². The number of fused-ring (bicyclic) bond motifs is 1. The summed E-state index contributed by atoms with van der Waals surface area (Å²) in [6, 6.07) is 7.87. The summed E-state index contributed by atoms with van der Waals surface area (Å²) in [5.74, 6) is 0.109. The molecule has 0 radical (unpaired) electrons. The third-order valence-electron chi connectivity index (χ3n) is 3.05. The minimum Gasteiger partial charge on any atom is -0.315 e. The lowest BCUT2D eigenvalue weighted by molar-refractivity contribution is -0.117. The van der Waals surface area contributed by atoms with Crippen molar-refractivity contribution in [3.05, 3.63) is 34.2 Å². The molecule has 2 aromatic rings. The first-order valence-corrected chi connectivity index (χ1v) is 6.32. The second-order valence-electron chi connectivity index (χ2n) is 4.12. The third-order valence-corrected chi connectivity index (χ3v) is 3.80. The van der Waals surface area contributed by atoms with Crippen LogP contribution in [0.15, 0.2) is 23.6 Å². The van der Waals surface area contributed by atoms with Crippen molar-refractivity contribution in [2.45, 2.75) is 6.42 Å². The number of likely N-dealkylation sites (N-methyl/N-ethyl adjacent to an activating group) is 1. The van der Waals surface area contributed by atoms with Crippen molar-refractivity contribution in [3.8, 4) is 17.3 Å². The number of carbonyl (C=O) groups is 1. The highest BCUT2D eigenvalue weighted by Crippen LogP contribution is 2.32. The summed E-state index contributed by atoms with van der Waals surface area (Å²) in [5.41, 5.74) is 3.72. The molecule has 2 heterocycles. The van der Waals surface area contributed by atoms with Crippen molar-refractivity contribution in [3.63, 3.8) is 0 Å². The second-order valence-corrected chi connectivity index (χ2v) is 4.98. The Morgan fingerprint density at radius 2 is 2.33 bits per heavy atom. The average molecular weight is 255 g/mol. The smallest absolute Gasteiger partial charge is 0.231 e. The van der Waals surface area contributed by atoms with E-state index in [1.807, 2.05) is 29.6 Å². The number of nitrogens with zero attached hydrogens (tertiary/aromatic N) is 3. The molecule has 5 heteroatoms. The van der Waals surface area contributed by atoms with Gasteiger partial charge < -0.3 is 4.90 Å². The molecule has 0 aliphatic carbocycles. The third kappa shape index (κ3) is 1.59. The van der Waals surface area contributed by atoms with Gasteiger partial charge in [-0.15, -0.1) is 11.3 Å². The summed E-state index contributed by atoms with van der Waals surface area (Å²) >= 11 is 1.33. The van der Waals surface area contributed by atoms with Crippen LogP contribution < -0.4 is 4.90 Å². The molecule has 0 fully saturated rings. The van der Waals surface area contributed by atoms with Crippen LogP contribution in [-0.4, -0.2) is 17.9 Å². The lowest BCUT2D eigenvalue weighted by Gasteiger charge is -2.09. The Morgan fingerprint density at radius 3 is 3.06 bits per heavy atom. The molecule has 3 rings (SSSR count). The van der Waals surface area contributed by atoms with Gasteiger partial charge in [-0.25, -0.2) is 4.98 Å². The molecular weight excluding hydrogens is 246 g/mol. The Kier molecular flexibility index (Phi) is 2.39. The Balaban J connectivity index is 2.04. The maximum absolute atomic E-state index is 11.6. The zero-order valence-electron chi connectivity index (χ0n) is 9.67. The molecular formula is C13H9N3OS. The molecule has 0 saturated carbocycles. The molecule has 18 heavy (non-hydrogen) atoms. The summed E-state index contributed by atoms with van der Waals surface area (Å²) in [4.78, 5) is 17.5. The normalized spacial score (nSPS) is 13.6. The monoisotopic (exact) mass is 255 g/mol. The minimum atomic E-state index is 0.109. The summed E-state index contributed by atoms with van der Waals surface area (Å²) < 4.78 is 0. The van der Waals surface area contributed by atoms with Gasteiger partial charge in [-0.1, -0.05) is 6.07 Å². The van der Waals surface area contributed by atoms with Crippen LogP contribution in [0.5, 0.6) is 0 Å². The van der Waals surface area contributed by atoms with E-state index in [-0.39, 0.29) is 5.91 Å². The highest BCUT2D eigenvalue weighted by atomic mass is 32.1. The van der Waals surface area contributed by atoms with Gasteiger partial charge in [0.2, 0.25) is 5.91 Å². The molecule has 1 aliphatic heterocycles. The maximum atomic E-state index is 11.6. The predicted octanol–water partition coefficient (Wildman–Crippen LogP) is 2.20. The van der Waals surface area contributed by atoms with Crippen molar-refractivity contribution in [2.24, 2.45) is 0 Å². The summed E-state index contributed by atoms with van der Waals surface area (Å²) in [5, 5.41) is 11.1. The van der Waals surface area contributed by atoms with E-state index in [4.69, 9.17) is 5.26 Å². The van der Waals surface area contributed by atoms with Gasteiger partial charge >= 0.3 is 0 Å². The van der Waals surface area contributed by atoms with E-state index < -0.39 is 0 Å². The van der Waals surface area contributed by atoms with E-state index in [9.17, 15) is 4.79 Å². The number of thiazole rings is 1. The van der Waals surface area contributed by atoms with Crippen LogP contribution in [0.25, 0.3) is 11.3 Å². The van der Waals surface area contributed by atoms with E-state index in [1.165, 1.54) is 11.3 Å². The molecule has 0 atom stereocenters. The summed E-state index contributed by atoms with van der Waals surface area (Å²) in [7, 11) is 1.78. The molecule has 1 aromatic carbocycles. The number of nitriles is 1. The molecule has 0 unspecified atom stereocenters. The van der Waals surface area contributed by atoms with E-state index in [2.05, 4.69) is 4.98 Å². The van der Waals surface area contributed by atoms with E-state index >= 15 is 0 Å². The topological polar surface area (TPSA) is 57.0 Å². The maximum Gasteiger partial charge on any atom is 0.231 e. The molecule has 0 N–H and O–H groups in total. The number of aromatic nitrogens is 1. The van der Waals surface area contributed by atoms with Crippen molar-refractivity contribution < 1.29 is 4.79 Å². The van der Waals surface area contributed by atoms with Gasteiger partial charge in [0, 0.05) is 23.7 Å². The van der Waals surface area contributed by atoms with Gasteiger partial charge in [-0.3, -0.25) is 4.79 Å². The molecule has 0 spiro atoms. The van der Waals surface area contributed by atoms with Crippen LogP contribution >= 0.6 is 11.3 Å². The van der Waals surface area contributed by atoms with Crippen molar-refractivity contribution >= 4 is 22.9 Å². The Morgan fingerprint density at radius 1 is 1.50 bits per heavy atom. The van der Waals surface area contributed by atoms with Crippen molar-refractivity contribution in [1.82, 2.24) is 4.98 Å². The Hall–Kier alpha value is -2.19. The number of hydrogen-bond donors (Lipinski definition) is 0. The minimum absolute atomic E-state index is 0.109. The standard InChI is InChI=1S/C13H9N3OS/c1-16-11-3-2-8(4-9(11)5-13(16)17)10-7-18-12(6-14)15-10/h2-4,7H,5H2,1H3. The number of carbonyl (C=O) groups excluding carboxylic acids is 1. The summed E-state index contributed by atoms with van der Waals surface area (Å²) in [6.07, 6.45) is 0.439. The highest BCUT2D eigenvalue weighted by Gasteiger charge is 2.24. The molecule has 1 aliphatic rings. The lowest BCUT2D eigenvalue weighted by atomic mass is 10.1. The Bertz CT molecular complexity index is 684. The van der Waals surface area contributed by atoms with Crippen LogP contribution in [0.1, 0.15) is 10.6 Å². The average Bonchev–Trinajstić information content (AvgIpc) is 2.95. The lowest BCUT2D eigenvalue weighted by Crippen LogP contribution is -2.20. The van der Waals surface area contributed by atoms with Crippen LogP contribution in [-0.2, 0) is 11.2 Å². The van der Waals surface area contributed by atoms with Crippen LogP contribution in [0, 0.1) is 11.3 Å². The van der Waals surface area contributed by atoms with Gasteiger partial charge in [0.15, 0.2) is 5.01 Å². The van der Waals surface area contributed by atoms with Gasteiger partial charge in [0.1, 0.15) is 6.07 Å². The fourth-order valence-corrected chi connectivity index (χ4v) is 2.70.